The third-order valence-corrected chi connectivity index (χ3v) is 4.39. The fraction of sp³-hybridized carbons (Fsp3) is 0.353. The largest absolute Gasteiger partial charge is 0.384 e. The highest BCUT2D eigenvalue weighted by atomic mass is 15.3. The maximum Gasteiger partial charge on any atom is 0.227 e. The van der Waals surface area contributed by atoms with Crippen molar-refractivity contribution in [1.29, 1.82) is 0 Å². The van der Waals surface area contributed by atoms with Crippen molar-refractivity contribution in [2.45, 2.75) is 19.3 Å². The summed E-state index contributed by atoms with van der Waals surface area (Å²) in [5.41, 5.74) is 7.92. The Hall–Kier alpha value is -2.63. The van der Waals surface area contributed by atoms with Crippen molar-refractivity contribution in [3.8, 4) is 0 Å². The van der Waals surface area contributed by atoms with Crippen molar-refractivity contribution in [2.24, 2.45) is 5.92 Å². The fourth-order valence-corrected chi connectivity index (χ4v) is 3.30. The summed E-state index contributed by atoms with van der Waals surface area (Å²) < 4.78 is 0. The van der Waals surface area contributed by atoms with Gasteiger partial charge in [0.25, 0.3) is 0 Å². The van der Waals surface area contributed by atoms with Crippen LogP contribution in [0.5, 0.6) is 0 Å². The van der Waals surface area contributed by atoms with Gasteiger partial charge in [-0.2, -0.15) is 4.98 Å². The van der Waals surface area contributed by atoms with Gasteiger partial charge in [0.05, 0.1) is 11.0 Å². The van der Waals surface area contributed by atoms with E-state index in [1.54, 1.807) is 12.3 Å². The lowest BCUT2D eigenvalue weighted by atomic mass is 9.95. The highest BCUT2D eigenvalue weighted by Crippen LogP contribution is 2.23. The number of nitrogens with two attached hydrogens (primary N) is 1. The van der Waals surface area contributed by atoms with E-state index in [0.717, 1.165) is 48.7 Å². The molecule has 6 nitrogen and oxygen atoms in total. The Morgan fingerprint density at radius 2 is 2.13 bits per heavy atom. The Morgan fingerprint density at radius 3 is 3.00 bits per heavy atom. The highest BCUT2D eigenvalue weighted by Gasteiger charge is 2.23. The lowest BCUT2D eigenvalue weighted by molar-refractivity contribution is 0.404. The molecule has 0 radical (unpaired) electrons. The molecule has 1 aliphatic rings. The Balaban J connectivity index is 1.49. The third-order valence-electron chi connectivity index (χ3n) is 4.39. The molecule has 2 aromatic heterocycles. The second-order valence-corrected chi connectivity index (χ2v) is 6.14. The van der Waals surface area contributed by atoms with E-state index in [4.69, 9.17) is 10.7 Å². The van der Waals surface area contributed by atoms with Gasteiger partial charge >= 0.3 is 0 Å². The number of aromatic nitrogens is 4. The molecule has 1 fully saturated rings. The molecule has 0 saturated carbocycles. The van der Waals surface area contributed by atoms with Gasteiger partial charge in [-0.25, -0.2) is 9.97 Å². The molecule has 4 rings (SSSR count). The predicted molar refractivity (Wildman–Crippen MR) is 91.2 cm³/mol. The van der Waals surface area contributed by atoms with E-state index in [9.17, 15) is 0 Å². The van der Waals surface area contributed by atoms with Crippen molar-refractivity contribution >= 4 is 22.8 Å². The first-order valence-electron chi connectivity index (χ1n) is 8.05. The second kappa shape index (κ2) is 5.87. The average molecular weight is 308 g/mol. The van der Waals surface area contributed by atoms with E-state index >= 15 is 0 Å². The number of anilines is 2. The van der Waals surface area contributed by atoms with Gasteiger partial charge in [0.15, 0.2) is 0 Å². The van der Waals surface area contributed by atoms with Crippen LogP contribution in [-0.4, -0.2) is 33.0 Å². The number of hydrogen-bond donors (Lipinski definition) is 2. The number of piperidine rings is 1. The van der Waals surface area contributed by atoms with Crippen molar-refractivity contribution in [3.63, 3.8) is 0 Å². The first-order valence-corrected chi connectivity index (χ1v) is 8.05. The van der Waals surface area contributed by atoms with Gasteiger partial charge < -0.3 is 15.6 Å². The van der Waals surface area contributed by atoms with E-state index in [2.05, 4.69) is 25.9 Å². The Morgan fingerprint density at radius 1 is 1.22 bits per heavy atom. The summed E-state index contributed by atoms with van der Waals surface area (Å²) in [6.07, 6.45) is 5.02. The molecule has 0 bridgehead atoms. The Labute approximate surface area is 134 Å². The fourth-order valence-electron chi connectivity index (χ4n) is 3.30. The van der Waals surface area contributed by atoms with Crippen molar-refractivity contribution in [2.75, 3.05) is 23.7 Å². The van der Waals surface area contributed by atoms with Crippen LogP contribution < -0.4 is 10.6 Å². The van der Waals surface area contributed by atoms with E-state index in [0.29, 0.717) is 11.7 Å². The molecule has 118 valence electrons. The van der Waals surface area contributed by atoms with Crippen LogP contribution in [0, 0.1) is 5.92 Å². The maximum atomic E-state index is 5.77. The number of imidazole rings is 1. The molecule has 0 aliphatic carbocycles. The molecule has 1 unspecified atom stereocenters. The van der Waals surface area contributed by atoms with Gasteiger partial charge in [-0.15, -0.1) is 0 Å². The van der Waals surface area contributed by atoms with Crippen molar-refractivity contribution < 1.29 is 0 Å². The third kappa shape index (κ3) is 2.97. The van der Waals surface area contributed by atoms with Crippen LogP contribution in [0.3, 0.4) is 0 Å². The molecule has 3 heterocycles. The van der Waals surface area contributed by atoms with Crippen LogP contribution in [0.25, 0.3) is 11.0 Å². The normalized spacial score (nSPS) is 18.4. The van der Waals surface area contributed by atoms with Crippen molar-refractivity contribution in [1.82, 2.24) is 19.9 Å². The van der Waals surface area contributed by atoms with Crippen LogP contribution in [-0.2, 0) is 6.42 Å². The zero-order valence-electron chi connectivity index (χ0n) is 12.9. The predicted octanol–water partition coefficient (Wildman–Crippen LogP) is 2.39. The Bertz CT molecular complexity index is 778. The lowest BCUT2D eigenvalue weighted by Gasteiger charge is -2.32. The molecule has 1 saturated heterocycles. The number of nitrogens with zero attached hydrogens (tertiary/aromatic N) is 4. The zero-order valence-corrected chi connectivity index (χ0v) is 12.9. The number of hydrogen-bond acceptors (Lipinski definition) is 5. The molecule has 0 spiro atoms. The number of H-pyrrole nitrogens is 1. The summed E-state index contributed by atoms with van der Waals surface area (Å²) in [4.78, 5) is 19.0. The van der Waals surface area contributed by atoms with Crippen LogP contribution in [0.2, 0.25) is 0 Å². The number of para-hydroxylation sites is 2. The highest BCUT2D eigenvalue weighted by molar-refractivity contribution is 5.74. The first-order chi connectivity index (χ1) is 11.3. The standard InChI is InChI=1S/C17H20N6/c18-15-7-8-19-17(22-15)23-9-3-4-12(11-23)10-16-20-13-5-1-2-6-14(13)21-16/h1-2,5-8,12H,3-4,9-11H2,(H,20,21)(H2,18,19,22). The minimum atomic E-state index is 0.523. The minimum Gasteiger partial charge on any atom is -0.384 e. The summed E-state index contributed by atoms with van der Waals surface area (Å²) in [7, 11) is 0. The molecule has 1 aromatic carbocycles. The minimum absolute atomic E-state index is 0.523. The summed E-state index contributed by atoms with van der Waals surface area (Å²) in [5.74, 6) is 2.87. The molecule has 1 aliphatic heterocycles. The Kier molecular flexibility index (Phi) is 3.57. The number of nitrogens with one attached hydrogen (secondary N) is 1. The average Bonchev–Trinajstić information content (AvgIpc) is 2.97. The van der Waals surface area contributed by atoms with Crippen LogP contribution in [0.4, 0.5) is 11.8 Å². The van der Waals surface area contributed by atoms with Gasteiger partial charge in [-0.05, 0) is 37.0 Å². The number of benzene rings is 1. The van der Waals surface area contributed by atoms with Gasteiger partial charge in [-0.3, -0.25) is 0 Å². The molecular formula is C17H20N6. The molecule has 1 atom stereocenters. The summed E-state index contributed by atoms with van der Waals surface area (Å²) in [6, 6.07) is 9.89. The molecule has 23 heavy (non-hydrogen) atoms. The topological polar surface area (TPSA) is 83.7 Å². The van der Waals surface area contributed by atoms with Gasteiger partial charge in [0.1, 0.15) is 11.6 Å². The first kappa shape index (κ1) is 14.0. The zero-order chi connectivity index (χ0) is 15.6. The number of aromatic amines is 1. The quantitative estimate of drug-likeness (QED) is 0.776. The molecule has 3 aromatic rings. The van der Waals surface area contributed by atoms with Crippen LogP contribution in [0.15, 0.2) is 36.5 Å². The smallest absolute Gasteiger partial charge is 0.227 e. The number of fused-ring (bicyclic) bond motifs is 1. The molecule has 0 amide bonds. The summed E-state index contributed by atoms with van der Waals surface area (Å²) >= 11 is 0. The summed E-state index contributed by atoms with van der Waals surface area (Å²) in [6.45, 7) is 1.93. The van der Waals surface area contributed by atoms with E-state index in [-0.39, 0.29) is 0 Å². The molecular weight excluding hydrogens is 288 g/mol. The monoisotopic (exact) mass is 308 g/mol. The van der Waals surface area contributed by atoms with Gasteiger partial charge in [0.2, 0.25) is 5.95 Å². The second-order valence-electron chi connectivity index (χ2n) is 6.14. The van der Waals surface area contributed by atoms with E-state index < -0.39 is 0 Å². The number of nitrogen functional groups attached to an aromatic ring is 1. The van der Waals surface area contributed by atoms with E-state index in [1.165, 1.54) is 6.42 Å². The van der Waals surface area contributed by atoms with E-state index in [1.807, 2.05) is 18.2 Å². The lowest BCUT2D eigenvalue weighted by Crippen LogP contribution is -2.37. The van der Waals surface area contributed by atoms with Gasteiger partial charge in [-0.1, -0.05) is 12.1 Å². The summed E-state index contributed by atoms with van der Waals surface area (Å²) in [5, 5.41) is 0. The van der Waals surface area contributed by atoms with Crippen LogP contribution in [0.1, 0.15) is 18.7 Å². The maximum absolute atomic E-state index is 5.77. The molecule has 6 heteroatoms. The molecule has 3 N–H and O–H groups in total. The number of rotatable bonds is 3. The SMILES string of the molecule is Nc1ccnc(N2CCCC(Cc3nc4ccccc4[nH]3)C2)n1. The van der Waals surface area contributed by atoms with Gasteiger partial charge in [0, 0.05) is 25.7 Å². The van der Waals surface area contributed by atoms with Crippen molar-refractivity contribution in [3.05, 3.63) is 42.4 Å². The van der Waals surface area contributed by atoms with Crippen LogP contribution >= 0.6 is 0 Å².